The van der Waals surface area contributed by atoms with Crippen LogP contribution in [-0.2, 0) is 11.3 Å². The van der Waals surface area contributed by atoms with E-state index in [2.05, 4.69) is 14.6 Å². The van der Waals surface area contributed by atoms with E-state index < -0.39 is 36.5 Å². The van der Waals surface area contributed by atoms with E-state index in [1.165, 1.54) is 42.2 Å². The van der Waals surface area contributed by atoms with Gasteiger partial charge in [-0.05, 0) is 50.2 Å². The first-order chi connectivity index (χ1) is 18.9. The number of hydrogen-bond acceptors (Lipinski definition) is 7. The maximum Gasteiger partial charge on any atom is 0.586 e. The third kappa shape index (κ3) is 4.71. The lowest BCUT2D eigenvalue weighted by atomic mass is 10.1. The highest BCUT2D eigenvalue weighted by atomic mass is 35.5. The van der Waals surface area contributed by atoms with Gasteiger partial charge in [0.2, 0.25) is 5.91 Å². The zero-order chi connectivity index (χ0) is 28.9. The molecule has 0 unspecified atom stereocenters. The SMILES string of the molecule is CCN(C(=O)Cn1nc(-c2cc(Cl)cc(C#N)c2)c2oc(C(F)F)cc2c1=O)c1ccc2c(c1C)OC(F)(F)O2. The Labute approximate surface area is 227 Å². The first-order valence-corrected chi connectivity index (χ1v) is 12.0. The fraction of sp³-hybridized carbons (Fsp3) is 0.231. The van der Waals surface area contributed by atoms with Crippen LogP contribution in [0.4, 0.5) is 23.2 Å². The second-order valence-electron chi connectivity index (χ2n) is 8.69. The summed E-state index contributed by atoms with van der Waals surface area (Å²) in [5, 5.41) is 13.4. The number of aromatic nitrogens is 2. The van der Waals surface area contributed by atoms with E-state index in [0.717, 1.165) is 10.7 Å². The number of benzene rings is 2. The Morgan fingerprint density at radius 3 is 2.65 bits per heavy atom. The van der Waals surface area contributed by atoms with Crippen LogP contribution in [0.25, 0.3) is 22.2 Å². The highest BCUT2D eigenvalue weighted by molar-refractivity contribution is 6.31. The van der Waals surface area contributed by atoms with Gasteiger partial charge in [0.25, 0.3) is 12.0 Å². The topological polar surface area (TPSA) is 111 Å². The van der Waals surface area contributed by atoms with Crippen LogP contribution in [0.2, 0.25) is 5.02 Å². The molecule has 3 heterocycles. The molecule has 0 spiro atoms. The minimum absolute atomic E-state index is 0.0701. The molecular formula is C26H17ClF4N4O5. The van der Waals surface area contributed by atoms with Crippen LogP contribution in [0.15, 0.2) is 45.6 Å². The van der Waals surface area contributed by atoms with Gasteiger partial charge < -0.3 is 18.8 Å². The standard InChI is InChI=1S/C26H17ClF4N4O5/c1-3-34(17-4-5-18-22(12(17)2)40-26(30,31)39-18)20(36)11-35-25(37)16-9-19(24(28)29)38-23(16)21(33-35)14-6-13(10-32)7-15(27)8-14/h4-9,24H,3,11H2,1-2H3. The molecule has 40 heavy (non-hydrogen) atoms. The van der Waals surface area contributed by atoms with Gasteiger partial charge in [0.05, 0.1) is 22.7 Å². The molecule has 0 fully saturated rings. The van der Waals surface area contributed by atoms with E-state index in [4.69, 9.17) is 16.0 Å². The van der Waals surface area contributed by atoms with Crippen LogP contribution in [0.5, 0.6) is 11.5 Å². The number of amides is 1. The van der Waals surface area contributed by atoms with E-state index in [0.29, 0.717) is 0 Å². The Morgan fingerprint density at radius 2 is 1.98 bits per heavy atom. The second-order valence-corrected chi connectivity index (χ2v) is 9.12. The number of carbonyl (C=O) groups is 1. The van der Waals surface area contributed by atoms with E-state index >= 15 is 0 Å². The monoisotopic (exact) mass is 576 g/mol. The van der Waals surface area contributed by atoms with Crippen LogP contribution in [0.1, 0.15) is 30.2 Å². The Kier molecular flexibility index (Phi) is 6.67. The summed E-state index contributed by atoms with van der Waals surface area (Å²) in [6.45, 7) is 2.51. The minimum Gasteiger partial charge on any atom is -0.452 e. The van der Waals surface area contributed by atoms with Crippen LogP contribution < -0.4 is 19.9 Å². The number of rotatable bonds is 6. The molecule has 0 saturated carbocycles. The van der Waals surface area contributed by atoms with Gasteiger partial charge in [-0.3, -0.25) is 9.59 Å². The van der Waals surface area contributed by atoms with Gasteiger partial charge in [0, 0.05) is 22.7 Å². The lowest BCUT2D eigenvalue weighted by molar-refractivity contribution is -0.286. The van der Waals surface area contributed by atoms with Crippen molar-refractivity contribution >= 4 is 34.2 Å². The molecule has 0 atom stereocenters. The molecule has 2 aromatic heterocycles. The Morgan fingerprint density at radius 1 is 1.23 bits per heavy atom. The number of alkyl halides is 4. The number of furan rings is 1. The molecule has 4 aromatic rings. The van der Waals surface area contributed by atoms with Crippen molar-refractivity contribution in [2.45, 2.75) is 33.1 Å². The number of nitrogens with zero attached hydrogens (tertiary/aromatic N) is 4. The van der Waals surface area contributed by atoms with Crippen LogP contribution in [0, 0.1) is 18.3 Å². The Bertz CT molecular complexity index is 1780. The molecule has 5 rings (SSSR count). The van der Waals surface area contributed by atoms with E-state index in [1.54, 1.807) is 6.92 Å². The number of hydrogen-bond donors (Lipinski definition) is 0. The van der Waals surface area contributed by atoms with Crippen molar-refractivity contribution in [1.29, 1.82) is 5.26 Å². The molecule has 0 saturated heterocycles. The van der Waals surface area contributed by atoms with Crippen molar-refractivity contribution in [3.8, 4) is 28.8 Å². The average molecular weight is 577 g/mol. The number of nitriles is 1. The number of carbonyl (C=O) groups excluding carboxylic acids is 1. The summed E-state index contributed by atoms with van der Waals surface area (Å²) in [6, 6.07) is 9.55. The predicted octanol–water partition coefficient (Wildman–Crippen LogP) is 5.80. The van der Waals surface area contributed by atoms with Gasteiger partial charge in [0.1, 0.15) is 12.2 Å². The molecule has 0 bridgehead atoms. The summed E-state index contributed by atoms with van der Waals surface area (Å²) < 4.78 is 69.2. The fourth-order valence-electron chi connectivity index (χ4n) is 4.41. The summed E-state index contributed by atoms with van der Waals surface area (Å²) in [5.74, 6) is -1.89. The maximum atomic E-state index is 13.6. The molecule has 1 aliphatic rings. The maximum absolute atomic E-state index is 13.6. The highest BCUT2D eigenvalue weighted by Crippen LogP contribution is 2.46. The van der Waals surface area contributed by atoms with Crippen LogP contribution in [0.3, 0.4) is 0 Å². The molecular weight excluding hydrogens is 560 g/mol. The van der Waals surface area contributed by atoms with Crippen molar-refractivity contribution in [3.05, 3.63) is 68.7 Å². The van der Waals surface area contributed by atoms with E-state index in [1.807, 2.05) is 6.07 Å². The summed E-state index contributed by atoms with van der Waals surface area (Å²) in [7, 11) is 0. The van der Waals surface area contributed by atoms with E-state index in [9.17, 15) is 32.4 Å². The molecule has 0 radical (unpaired) electrons. The second kappa shape index (κ2) is 9.87. The number of anilines is 1. The Balaban J connectivity index is 1.59. The van der Waals surface area contributed by atoms with Crippen LogP contribution in [-0.4, -0.2) is 28.5 Å². The average Bonchev–Trinajstić information content (AvgIpc) is 3.48. The fourth-order valence-corrected chi connectivity index (χ4v) is 4.64. The number of halogens is 5. The highest BCUT2D eigenvalue weighted by Gasteiger charge is 2.44. The first-order valence-electron chi connectivity index (χ1n) is 11.7. The van der Waals surface area contributed by atoms with Crippen LogP contribution >= 0.6 is 11.6 Å². The molecule has 0 N–H and O–H groups in total. The lowest BCUT2D eigenvalue weighted by Crippen LogP contribution is -2.38. The summed E-state index contributed by atoms with van der Waals surface area (Å²) >= 11 is 6.12. The molecule has 1 amide bonds. The van der Waals surface area contributed by atoms with Crippen molar-refractivity contribution in [2.75, 3.05) is 11.4 Å². The summed E-state index contributed by atoms with van der Waals surface area (Å²) in [4.78, 5) is 27.9. The normalized spacial score (nSPS) is 13.6. The molecule has 9 nitrogen and oxygen atoms in total. The third-order valence-corrected chi connectivity index (χ3v) is 6.37. The van der Waals surface area contributed by atoms with Gasteiger partial charge in [-0.1, -0.05) is 11.6 Å². The summed E-state index contributed by atoms with van der Waals surface area (Å²) in [5.41, 5.74) is -0.520. The minimum atomic E-state index is -3.86. The van der Waals surface area contributed by atoms with Crippen molar-refractivity contribution in [3.63, 3.8) is 0 Å². The molecule has 14 heteroatoms. The van der Waals surface area contributed by atoms with Crippen molar-refractivity contribution in [1.82, 2.24) is 9.78 Å². The third-order valence-electron chi connectivity index (χ3n) is 6.15. The summed E-state index contributed by atoms with van der Waals surface area (Å²) in [6.07, 6.45) is -6.90. The number of likely N-dealkylation sites (N-methyl/N-ethyl adjacent to an activating group) is 1. The zero-order valence-corrected chi connectivity index (χ0v) is 21.4. The van der Waals surface area contributed by atoms with Gasteiger partial charge in [-0.15, -0.1) is 8.78 Å². The molecule has 206 valence electrons. The van der Waals surface area contributed by atoms with Gasteiger partial charge >= 0.3 is 6.29 Å². The van der Waals surface area contributed by atoms with Crippen molar-refractivity contribution in [2.24, 2.45) is 0 Å². The Hall–Kier alpha value is -4.57. The van der Waals surface area contributed by atoms with Gasteiger partial charge in [-0.2, -0.15) is 10.4 Å². The van der Waals surface area contributed by atoms with Gasteiger partial charge in [0.15, 0.2) is 22.8 Å². The zero-order valence-electron chi connectivity index (χ0n) is 20.7. The van der Waals surface area contributed by atoms with Gasteiger partial charge in [-0.25, -0.2) is 13.5 Å². The first kappa shape index (κ1) is 27.0. The number of ether oxygens (including phenoxy) is 2. The molecule has 0 aliphatic carbocycles. The van der Waals surface area contributed by atoms with Crippen molar-refractivity contribution < 1.29 is 36.2 Å². The quantitative estimate of drug-likeness (QED) is 0.267. The largest absolute Gasteiger partial charge is 0.586 e. The smallest absolute Gasteiger partial charge is 0.452 e. The lowest BCUT2D eigenvalue weighted by Gasteiger charge is -2.23. The molecule has 1 aliphatic heterocycles. The number of fused-ring (bicyclic) bond motifs is 2. The van der Waals surface area contributed by atoms with E-state index in [-0.39, 0.29) is 62.1 Å². The predicted molar refractivity (Wildman–Crippen MR) is 134 cm³/mol. The molecule has 2 aromatic carbocycles.